The fourth-order valence-electron chi connectivity index (χ4n) is 10.2. The molecule has 0 amide bonds. The van der Waals surface area contributed by atoms with E-state index in [1.54, 1.807) is 0 Å². The van der Waals surface area contributed by atoms with Crippen molar-refractivity contribution in [3.63, 3.8) is 0 Å². The zero-order chi connectivity index (χ0) is 41.7. The molecule has 1 nitrogen and oxygen atoms in total. The third-order valence-electron chi connectivity index (χ3n) is 13.0. The first-order chi connectivity index (χ1) is 31.3. The van der Waals surface area contributed by atoms with E-state index in [0.717, 1.165) is 17.1 Å². The highest BCUT2D eigenvalue weighted by atomic mass is 32.1. The summed E-state index contributed by atoms with van der Waals surface area (Å²) in [5.74, 6) is 0. The van der Waals surface area contributed by atoms with Gasteiger partial charge in [-0.15, -0.1) is 11.3 Å². The van der Waals surface area contributed by atoms with Crippen LogP contribution in [0.3, 0.4) is 0 Å². The Labute approximate surface area is 372 Å². The van der Waals surface area contributed by atoms with E-state index in [4.69, 9.17) is 0 Å². The Kier molecular flexibility index (Phi) is 8.98. The first-order valence-corrected chi connectivity index (χ1v) is 22.5. The second-order valence-electron chi connectivity index (χ2n) is 16.4. The van der Waals surface area contributed by atoms with Crippen molar-refractivity contribution in [1.82, 2.24) is 0 Å². The molecule has 0 saturated heterocycles. The normalized spacial score (nSPS) is 12.6. The van der Waals surface area contributed by atoms with Gasteiger partial charge in [0.05, 0.1) is 11.1 Å². The predicted molar refractivity (Wildman–Crippen MR) is 268 cm³/mol. The minimum absolute atomic E-state index is 0.534. The van der Waals surface area contributed by atoms with Crippen molar-refractivity contribution in [1.29, 1.82) is 0 Å². The standard InChI is InChI=1S/C61H41NS/c1-5-18-42(19-6-1)44-32-34-49(35-33-44)62(50-36-37-52-51-28-13-15-30-54(51)61(55(52)41-50,47-24-9-3-10-25-47)48-26-11-4-12-27-48)56-38-39-58-60(53-29-14-16-31-57(53)63-58)59(56)46-23-17-22-45(40-46)43-20-7-2-8-21-43/h1-41H. The minimum atomic E-state index is -0.534. The van der Waals surface area contributed by atoms with Crippen molar-refractivity contribution in [2.24, 2.45) is 0 Å². The molecule has 296 valence electrons. The Balaban J connectivity index is 1.16. The number of anilines is 3. The molecule has 1 aliphatic carbocycles. The largest absolute Gasteiger partial charge is 0.310 e. The number of nitrogens with zero attached hydrogens (tertiary/aromatic N) is 1. The SMILES string of the molecule is c1ccc(-c2ccc(N(c3ccc4c(c3)C(c3ccccc3)(c3ccccc3)c3ccccc3-4)c3ccc4sc5ccccc5c4c3-c3cccc(-c4ccccc4)c3)cc2)cc1. The summed E-state index contributed by atoms with van der Waals surface area (Å²) < 4.78 is 2.56. The van der Waals surface area contributed by atoms with Crippen LogP contribution in [0.2, 0.25) is 0 Å². The molecule has 0 fully saturated rings. The Morgan fingerprint density at radius 3 is 1.59 bits per heavy atom. The van der Waals surface area contributed by atoms with Crippen LogP contribution in [0.25, 0.3) is 64.7 Å². The van der Waals surface area contributed by atoms with E-state index in [1.807, 2.05) is 11.3 Å². The molecule has 1 aliphatic rings. The molecule has 1 aromatic heterocycles. The van der Waals surface area contributed by atoms with Crippen LogP contribution >= 0.6 is 11.3 Å². The van der Waals surface area contributed by atoms with Gasteiger partial charge < -0.3 is 4.90 Å². The van der Waals surface area contributed by atoms with Gasteiger partial charge >= 0.3 is 0 Å². The Morgan fingerprint density at radius 1 is 0.333 bits per heavy atom. The van der Waals surface area contributed by atoms with Crippen LogP contribution < -0.4 is 4.90 Å². The second-order valence-corrected chi connectivity index (χ2v) is 17.5. The Morgan fingerprint density at radius 2 is 0.873 bits per heavy atom. The zero-order valence-corrected chi connectivity index (χ0v) is 35.3. The van der Waals surface area contributed by atoms with Crippen molar-refractivity contribution < 1.29 is 0 Å². The maximum absolute atomic E-state index is 2.51. The van der Waals surface area contributed by atoms with Crippen molar-refractivity contribution in [2.75, 3.05) is 4.90 Å². The summed E-state index contributed by atoms with van der Waals surface area (Å²) in [4.78, 5) is 2.51. The van der Waals surface area contributed by atoms with Gasteiger partial charge in [0, 0.05) is 37.1 Å². The first kappa shape index (κ1) is 37.0. The van der Waals surface area contributed by atoms with Crippen molar-refractivity contribution in [3.05, 3.63) is 271 Å². The zero-order valence-electron chi connectivity index (χ0n) is 34.5. The molecule has 10 aromatic carbocycles. The van der Waals surface area contributed by atoms with Crippen molar-refractivity contribution >= 4 is 48.6 Å². The summed E-state index contributed by atoms with van der Waals surface area (Å²) in [5.41, 5.74) is 17.6. The third kappa shape index (κ3) is 6.06. The number of thiophene rings is 1. The van der Waals surface area contributed by atoms with Crippen molar-refractivity contribution in [3.8, 4) is 44.5 Å². The number of fused-ring (bicyclic) bond motifs is 6. The highest BCUT2D eigenvalue weighted by molar-refractivity contribution is 7.26. The quantitative estimate of drug-likeness (QED) is 0.148. The van der Waals surface area contributed by atoms with Gasteiger partial charge in [-0.3, -0.25) is 0 Å². The molecule has 1 heterocycles. The fraction of sp³-hybridized carbons (Fsp3) is 0.0164. The molecular formula is C61H41NS. The number of hydrogen-bond donors (Lipinski definition) is 0. The molecule has 0 spiro atoms. The van der Waals surface area contributed by atoms with E-state index in [9.17, 15) is 0 Å². The summed E-state index contributed by atoms with van der Waals surface area (Å²) >= 11 is 1.87. The minimum Gasteiger partial charge on any atom is -0.310 e. The predicted octanol–water partition coefficient (Wildman–Crippen LogP) is 16.9. The van der Waals surface area contributed by atoms with Crippen molar-refractivity contribution in [2.45, 2.75) is 5.41 Å². The van der Waals surface area contributed by atoms with E-state index in [1.165, 1.54) is 86.9 Å². The second kappa shape index (κ2) is 15.3. The lowest BCUT2D eigenvalue weighted by atomic mass is 9.67. The van der Waals surface area contributed by atoms with Crippen LogP contribution in [0.4, 0.5) is 17.1 Å². The highest BCUT2D eigenvalue weighted by Crippen LogP contribution is 2.58. The molecule has 0 bridgehead atoms. The van der Waals surface area contributed by atoms with Crippen LogP contribution in [0.1, 0.15) is 22.3 Å². The molecular weight excluding hydrogens is 779 g/mol. The highest BCUT2D eigenvalue weighted by Gasteiger charge is 2.46. The van der Waals surface area contributed by atoms with Gasteiger partial charge in [-0.1, -0.05) is 200 Å². The van der Waals surface area contributed by atoms with Crippen LogP contribution in [0, 0.1) is 0 Å². The summed E-state index contributed by atoms with van der Waals surface area (Å²) in [7, 11) is 0. The average Bonchev–Trinajstić information content (AvgIpc) is 3.89. The summed E-state index contributed by atoms with van der Waals surface area (Å²) in [6.45, 7) is 0. The van der Waals surface area contributed by atoms with E-state index in [0.29, 0.717) is 0 Å². The molecule has 11 aromatic rings. The molecule has 12 rings (SSSR count). The third-order valence-corrected chi connectivity index (χ3v) is 14.1. The monoisotopic (exact) mass is 819 g/mol. The van der Waals surface area contributed by atoms with Crippen LogP contribution in [0.15, 0.2) is 249 Å². The smallest absolute Gasteiger partial charge is 0.0714 e. The molecule has 2 heteroatoms. The molecule has 0 aliphatic heterocycles. The molecule has 0 atom stereocenters. The molecule has 0 N–H and O–H groups in total. The molecule has 0 unspecified atom stereocenters. The summed E-state index contributed by atoms with van der Waals surface area (Å²) in [5, 5.41) is 2.55. The van der Waals surface area contributed by atoms with Gasteiger partial charge in [-0.05, 0) is 110 Å². The lowest BCUT2D eigenvalue weighted by molar-refractivity contribution is 0.768. The van der Waals surface area contributed by atoms with Gasteiger partial charge in [0.15, 0.2) is 0 Å². The Bertz CT molecular complexity index is 3390. The summed E-state index contributed by atoms with van der Waals surface area (Å²) in [6.07, 6.45) is 0. The maximum atomic E-state index is 2.51. The van der Waals surface area contributed by atoms with Crippen LogP contribution in [-0.2, 0) is 5.41 Å². The van der Waals surface area contributed by atoms with Gasteiger partial charge in [0.1, 0.15) is 0 Å². The van der Waals surface area contributed by atoms with Gasteiger partial charge in [-0.25, -0.2) is 0 Å². The number of rotatable bonds is 8. The van der Waals surface area contributed by atoms with Gasteiger partial charge in [0.25, 0.3) is 0 Å². The van der Waals surface area contributed by atoms with E-state index in [2.05, 4.69) is 254 Å². The van der Waals surface area contributed by atoms with E-state index in [-0.39, 0.29) is 0 Å². The van der Waals surface area contributed by atoms with Gasteiger partial charge in [-0.2, -0.15) is 0 Å². The van der Waals surface area contributed by atoms with Gasteiger partial charge in [0.2, 0.25) is 0 Å². The van der Waals surface area contributed by atoms with E-state index < -0.39 is 5.41 Å². The maximum Gasteiger partial charge on any atom is 0.0714 e. The number of hydrogen-bond acceptors (Lipinski definition) is 2. The van der Waals surface area contributed by atoms with Crippen LogP contribution in [-0.4, -0.2) is 0 Å². The Hall–Kier alpha value is -7.78. The molecule has 0 saturated carbocycles. The topological polar surface area (TPSA) is 3.24 Å². The molecule has 0 radical (unpaired) electrons. The average molecular weight is 820 g/mol. The lowest BCUT2D eigenvalue weighted by Gasteiger charge is -2.35. The lowest BCUT2D eigenvalue weighted by Crippen LogP contribution is -2.28. The number of benzene rings is 10. The first-order valence-electron chi connectivity index (χ1n) is 21.7. The van der Waals surface area contributed by atoms with E-state index >= 15 is 0 Å². The summed E-state index contributed by atoms with van der Waals surface area (Å²) in [6, 6.07) is 91.7. The fourth-order valence-corrected chi connectivity index (χ4v) is 11.3. The molecule has 63 heavy (non-hydrogen) atoms. The van der Waals surface area contributed by atoms with Crippen LogP contribution in [0.5, 0.6) is 0 Å².